The Morgan fingerprint density at radius 3 is 2.83 bits per heavy atom. The van der Waals surface area contributed by atoms with E-state index in [1.165, 1.54) is 23.3 Å². The topological polar surface area (TPSA) is 24.9 Å². The zero-order valence-electron chi connectivity index (χ0n) is 10.5. The van der Waals surface area contributed by atoms with Crippen LogP contribution in [0.4, 0.5) is 0 Å². The van der Waals surface area contributed by atoms with Crippen LogP contribution in [0.3, 0.4) is 0 Å². The van der Waals surface area contributed by atoms with E-state index in [9.17, 15) is 0 Å². The van der Waals surface area contributed by atoms with Gasteiger partial charge in [0.15, 0.2) is 0 Å². The molecule has 18 heavy (non-hydrogen) atoms. The van der Waals surface area contributed by atoms with Gasteiger partial charge in [0, 0.05) is 29.4 Å². The van der Waals surface area contributed by atoms with Gasteiger partial charge in [-0.25, -0.2) is 0 Å². The van der Waals surface area contributed by atoms with Gasteiger partial charge in [-0.05, 0) is 48.8 Å². The van der Waals surface area contributed by atoms with Crippen molar-refractivity contribution in [2.75, 3.05) is 0 Å². The number of nitrogens with one attached hydrogen (secondary N) is 1. The Bertz CT molecular complexity index is 476. The summed E-state index contributed by atoms with van der Waals surface area (Å²) in [6.07, 6.45) is 6.49. The van der Waals surface area contributed by atoms with Crippen molar-refractivity contribution in [1.29, 1.82) is 0 Å². The summed E-state index contributed by atoms with van der Waals surface area (Å²) in [6.45, 7) is 2.22. The van der Waals surface area contributed by atoms with Gasteiger partial charge in [0.25, 0.3) is 0 Å². The van der Waals surface area contributed by atoms with Crippen molar-refractivity contribution < 1.29 is 0 Å². The molecule has 2 aromatic rings. The second-order valence-electron chi connectivity index (χ2n) is 5.01. The molecule has 0 amide bonds. The first-order chi connectivity index (χ1) is 8.84. The van der Waals surface area contributed by atoms with E-state index in [1.807, 2.05) is 29.8 Å². The minimum absolute atomic E-state index is 0.353. The first-order valence-corrected chi connectivity index (χ1v) is 7.42. The molecule has 0 spiro atoms. The Kier molecular flexibility index (Phi) is 3.43. The van der Waals surface area contributed by atoms with Gasteiger partial charge in [0.05, 0.1) is 0 Å². The third-order valence-corrected chi connectivity index (χ3v) is 4.51. The Morgan fingerprint density at radius 1 is 1.33 bits per heavy atom. The molecular formula is C15H18N2S. The highest BCUT2D eigenvalue weighted by Crippen LogP contribution is 2.43. The Labute approximate surface area is 112 Å². The van der Waals surface area contributed by atoms with Gasteiger partial charge in [0.1, 0.15) is 0 Å². The van der Waals surface area contributed by atoms with E-state index in [4.69, 9.17) is 0 Å². The van der Waals surface area contributed by atoms with Crippen LogP contribution in [0, 0.1) is 5.92 Å². The number of nitrogens with zero attached hydrogens (tertiary/aromatic N) is 1. The molecule has 1 unspecified atom stereocenters. The molecule has 3 heteroatoms. The predicted molar refractivity (Wildman–Crippen MR) is 75.6 cm³/mol. The maximum atomic E-state index is 4.20. The first kappa shape index (κ1) is 11.9. The molecule has 2 atom stereocenters. The molecule has 2 aromatic heterocycles. The van der Waals surface area contributed by atoms with Crippen LogP contribution in [0.5, 0.6) is 0 Å². The van der Waals surface area contributed by atoms with Crippen LogP contribution in [0.1, 0.15) is 42.3 Å². The van der Waals surface area contributed by atoms with E-state index < -0.39 is 0 Å². The van der Waals surface area contributed by atoms with Crippen molar-refractivity contribution in [3.8, 4) is 0 Å². The van der Waals surface area contributed by atoms with Gasteiger partial charge in [-0.3, -0.25) is 4.98 Å². The molecule has 94 valence electrons. The smallest absolute Gasteiger partial charge is 0.0448 e. The van der Waals surface area contributed by atoms with Crippen molar-refractivity contribution in [2.45, 2.75) is 31.8 Å². The average Bonchev–Trinajstić information content (AvgIpc) is 3.11. The highest BCUT2D eigenvalue weighted by Gasteiger charge is 2.33. The molecule has 3 rings (SSSR count). The molecule has 1 fully saturated rings. The van der Waals surface area contributed by atoms with Crippen LogP contribution in [0.25, 0.3) is 0 Å². The molecule has 0 saturated heterocycles. The fraction of sp³-hybridized carbons (Fsp3) is 0.400. The third-order valence-electron chi connectivity index (χ3n) is 3.56. The normalized spacial score (nSPS) is 18.5. The highest BCUT2D eigenvalue weighted by molar-refractivity contribution is 7.10. The Balaban J connectivity index is 1.73. The SMILES string of the molecule is C[C@@H](NC(c1cccs1)C1CC1)c1cccnc1. The number of aromatic nitrogens is 1. The van der Waals surface area contributed by atoms with Crippen molar-refractivity contribution in [2.24, 2.45) is 5.92 Å². The lowest BCUT2D eigenvalue weighted by atomic mass is 10.1. The van der Waals surface area contributed by atoms with Crippen LogP contribution in [-0.2, 0) is 0 Å². The molecule has 1 aliphatic rings. The molecule has 0 aliphatic heterocycles. The molecule has 2 nitrogen and oxygen atoms in total. The zero-order valence-corrected chi connectivity index (χ0v) is 11.4. The molecule has 2 heterocycles. The van der Waals surface area contributed by atoms with Gasteiger partial charge < -0.3 is 5.32 Å². The van der Waals surface area contributed by atoms with Crippen LogP contribution in [-0.4, -0.2) is 4.98 Å². The maximum Gasteiger partial charge on any atom is 0.0448 e. The predicted octanol–water partition coefficient (Wildman–Crippen LogP) is 3.95. The molecule has 1 saturated carbocycles. The Hall–Kier alpha value is -1.19. The minimum Gasteiger partial charge on any atom is -0.302 e. The number of hydrogen-bond donors (Lipinski definition) is 1. The minimum atomic E-state index is 0.353. The van der Waals surface area contributed by atoms with Crippen molar-refractivity contribution in [3.05, 3.63) is 52.5 Å². The van der Waals surface area contributed by atoms with E-state index in [-0.39, 0.29) is 0 Å². The zero-order chi connectivity index (χ0) is 12.4. The van der Waals surface area contributed by atoms with Gasteiger partial charge in [-0.1, -0.05) is 12.1 Å². The second-order valence-corrected chi connectivity index (χ2v) is 5.98. The van der Waals surface area contributed by atoms with Crippen LogP contribution in [0.2, 0.25) is 0 Å². The molecule has 0 aromatic carbocycles. The number of rotatable bonds is 5. The quantitative estimate of drug-likeness (QED) is 0.878. The monoisotopic (exact) mass is 258 g/mol. The fourth-order valence-corrected chi connectivity index (χ4v) is 3.22. The number of hydrogen-bond acceptors (Lipinski definition) is 3. The fourth-order valence-electron chi connectivity index (χ4n) is 2.35. The molecule has 0 radical (unpaired) electrons. The second kappa shape index (κ2) is 5.21. The van der Waals surface area contributed by atoms with Crippen LogP contribution >= 0.6 is 11.3 Å². The lowest BCUT2D eigenvalue weighted by Crippen LogP contribution is -2.25. The summed E-state index contributed by atoms with van der Waals surface area (Å²) in [7, 11) is 0. The largest absolute Gasteiger partial charge is 0.302 e. The van der Waals surface area contributed by atoms with E-state index in [2.05, 4.69) is 40.8 Å². The molecular weight excluding hydrogens is 240 g/mol. The molecule has 1 N–H and O–H groups in total. The lowest BCUT2D eigenvalue weighted by Gasteiger charge is -2.22. The summed E-state index contributed by atoms with van der Waals surface area (Å²) in [5.41, 5.74) is 1.26. The van der Waals surface area contributed by atoms with Crippen LogP contribution in [0.15, 0.2) is 42.0 Å². The van der Waals surface area contributed by atoms with Crippen molar-refractivity contribution in [1.82, 2.24) is 10.3 Å². The number of pyridine rings is 1. The van der Waals surface area contributed by atoms with Crippen molar-refractivity contribution >= 4 is 11.3 Å². The lowest BCUT2D eigenvalue weighted by molar-refractivity contribution is 0.432. The van der Waals surface area contributed by atoms with E-state index in [0.29, 0.717) is 12.1 Å². The van der Waals surface area contributed by atoms with Gasteiger partial charge in [-0.2, -0.15) is 0 Å². The maximum absolute atomic E-state index is 4.20. The summed E-state index contributed by atoms with van der Waals surface area (Å²) in [4.78, 5) is 5.66. The van der Waals surface area contributed by atoms with E-state index >= 15 is 0 Å². The Morgan fingerprint density at radius 2 is 2.22 bits per heavy atom. The number of thiophene rings is 1. The highest BCUT2D eigenvalue weighted by atomic mass is 32.1. The van der Waals surface area contributed by atoms with Gasteiger partial charge in [-0.15, -0.1) is 11.3 Å². The van der Waals surface area contributed by atoms with Crippen LogP contribution < -0.4 is 5.32 Å². The summed E-state index contributed by atoms with van der Waals surface area (Å²) in [5, 5.41) is 5.94. The van der Waals surface area contributed by atoms with E-state index in [1.54, 1.807) is 0 Å². The van der Waals surface area contributed by atoms with Gasteiger partial charge in [0.2, 0.25) is 0 Å². The summed E-state index contributed by atoms with van der Waals surface area (Å²) in [6, 6.07) is 9.41. The summed E-state index contributed by atoms with van der Waals surface area (Å²) in [5.74, 6) is 0.822. The first-order valence-electron chi connectivity index (χ1n) is 6.54. The molecule has 0 bridgehead atoms. The average molecular weight is 258 g/mol. The third kappa shape index (κ3) is 2.62. The molecule has 1 aliphatic carbocycles. The van der Waals surface area contributed by atoms with Gasteiger partial charge >= 0.3 is 0 Å². The standard InChI is InChI=1S/C15H18N2S/c1-11(13-4-2-8-16-10-13)17-15(12-6-7-12)14-5-3-9-18-14/h2-5,8-12,15,17H,6-7H2,1H3/t11-,15?/m1/s1. The van der Waals surface area contributed by atoms with Crippen molar-refractivity contribution in [3.63, 3.8) is 0 Å². The van der Waals surface area contributed by atoms with E-state index in [0.717, 1.165) is 5.92 Å². The summed E-state index contributed by atoms with van der Waals surface area (Å²) >= 11 is 1.86. The summed E-state index contributed by atoms with van der Waals surface area (Å²) < 4.78 is 0.